The molecule has 1 amide bonds. The van der Waals surface area contributed by atoms with Crippen LogP contribution in [0.25, 0.3) is 0 Å². The smallest absolute Gasteiger partial charge is 0.223 e. The molecule has 6 aliphatic rings. The average Bonchev–Trinajstić information content (AvgIpc) is 2.96. The number of rotatable bonds is 2. The van der Waals surface area contributed by atoms with Gasteiger partial charge in [-0.3, -0.25) is 4.79 Å². The van der Waals surface area contributed by atoms with Crippen molar-refractivity contribution in [1.29, 1.82) is 0 Å². The van der Waals surface area contributed by atoms with Gasteiger partial charge in [0.1, 0.15) is 0 Å². The van der Waals surface area contributed by atoms with Gasteiger partial charge in [0.25, 0.3) is 0 Å². The minimum atomic E-state index is -0.427. The summed E-state index contributed by atoms with van der Waals surface area (Å²) in [6.45, 7) is 2.22. The van der Waals surface area contributed by atoms with Crippen LogP contribution < -0.4 is 0 Å². The molecule has 0 aromatic rings. The van der Waals surface area contributed by atoms with Crippen molar-refractivity contribution in [3.63, 3.8) is 0 Å². The van der Waals surface area contributed by atoms with Crippen molar-refractivity contribution in [2.24, 2.45) is 23.2 Å². The van der Waals surface area contributed by atoms with Crippen molar-refractivity contribution in [2.75, 3.05) is 0 Å². The third-order valence-electron chi connectivity index (χ3n) is 7.33. The van der Waals surface area contributed by atoms with E-state index in [-0.39, 0.29) is 5.41 Å². The maximum absolute atomic E-state index is 12.9. The summed E-state index contributed by atoms with van der Waals surface area (Å²) in [5.74, 6) is 2.59. The van der Waals surface area contributed by atoms with Crippen LogP contribution in [0.2, 0.25) is 0 Å². The molecule has 1 aliphatic heterocycles. The van der Waals surface area contributed by atoms with Gasteiger partial charge in [-0.2, -0.15) is 0 Å². The number of carbonyl (C=O) groups excluding carboxylic acids is 1. The lowest BCUT2D eigenvalue weighted by atomic mass is 9.47. The molecule has 0 spiro atoms. The minimum absolute atomic E-state index is 0.141. The topological polar surface area (TPSA) is 40.5 Å². The lowest BCUT2D eigenvalue weighted by Gasteiger charge is -2.60. The van der Waals surface area contributed by atoms with Crippen LogP contribution in [-0.2, 0) is 4.79 Å². The third-order valence-corrected chi connectivity index (χ3v) is 7.33. The molecule has 1 N–H and O–H groups in total. The predicted molar refractivity (Wildman–Crippen MR) is 79.5 cm³/mol. The number of carbonyl (C=O) groups is 1. The van der Waals surface area contributed by atoms with Crippen LogP contribution in [0.5, 0.6) is 0 Å². The summed E-state index contributed by atoms with van der Waals surface area (Å²) in [5.41, 5.74) is -0.286. The van der Waals surface area contributed by atoms with Crippen molar-refractivity contribution in [3.05, 3.63) is 0 Å². The second kappa shape index (κ2) is 3.84. The first-order chi connectivity index (χ1) is 9.95. The minimum Gasteiger partial charge on any atom is -0.390 e. The molecule has 2 unspecified atom stereocenters. The van der Waals surface area contributed by atoms with E-state index in [2.05, 4.69) is 11.8 Å². The molecule has 1 heterocycles. The zero-order valence-electron chi connectivity index (χ0n) is 13.1. The van der Waals surface area contributed by atoms with Crippen LogP contribution >= 0.6 is 0 Å². The van der Waals surface area contributed by atoms with Crippen LogP contribution in [0, 0.1) is 23.2 Å². The van der Waals surface area contributed by atoms with E-state index in [1.807, 2.05) is 0 Å². The summed E-state index contributed by atoms with van der Waals surface area (Å²) in [4.78, 5) is 15.1. The van der Waals surface area contributed by atoms with Gasteiger partial charge < -0.3 is 10.0 Å². The van der Waals surface area contributed by atoms with E-state index < -0.39 is 5.60 Å². The third kappa shape index (κ3) is 1.85. The van der Waals surface area contributed by atoms with E-state index in [4.69, 9.17) is 0 Å². The molecule has 1 saturated heterocycles. The lowest BCUT2D eigenvalue weighted by Crippen LogP contribution is -2.56. The largest absolute Gasteiger partial charge is 0.390 e. The first kappa shape index (κ1) is 12.9. The van der Waals surface area contributed by atoms with E-state index in [0.717, 1.165) is 31.6 Å². The fourth-order valence-electron chi connectivity index (χ4n) is 7.16. The Bertz CT molecular complexity index is 485. The molecule has 5 aliphatic carbocycles. The van der Waals surface area contributed by atoms with E-state index >= 15 is 0 Å². The highest BCUT2D eigenvalue weighted by atomic mass is 16.3. The summed E-state index contributed by atoms with van der Waals surface area (Å²) in [7, 11) is 0. The average molecular weight is 289 g/mol. The number of piperidine rings is 1. The van der Waals surface area contributed by atoms with Crippen LogP contribution in [0.4, 0.5) is 0 Å². The summed E-state index contributed by atoms with van der Waals surface area (Å²) in [6.07, 6.45) is 9.81. The summed E-state index contributed by atoms with van der Waals surface area (Å²) in [6, 6.07) is 1.03. The molecule has 5 saturated carbocycles. The Balaban J connectivity index is 1.37. The zero-order chi connectivity index (χ0) is 14.4. The van der Waals surface area contributed by atoms with Crippen molar-refractivity contribution >= 4 is 5.91 Å². The highest BCUT2D eigenvalue weighted by Crippen LogP contribution is 2.63. The van der Waals surface area contributed by atoms with Crippen molar-refractivity contribution < 1.29 is 9.90 Å². The molecule has 6 fully saturated rings. The maximum Gasteiger partial charge on any atom is 0.223 e. The number of amides is 1. The van der Waals surface area contributed by atoms with Crippen molar-refractivity contribution in [1.82, 2.24) is 4.90 Å². The molecule has 0 radical (unpaired) electrons. The molecule has 3 nitrogen and oxygen atoms in total. The van der Waals surface area contributed by atoms with Gasteiger partial charge in [-0.15, -0.1) is 0 Å². The molecular formula is C18H27NO2. The number of nitrogens with zero attached hydrogens (tertiary/aromatic N) is 1. The maximum atomic E-state index is 12.9. The van der Waals surface area contributed by atoms with Crippen molar-refractivity contribution in [3.8, 4) is 0 Å². The Kier molecular flexibility index (Phi) is 2.37. The molecule has 116 valence electrons. The fraction of sp³-hybridized carbons (Fsp3) is 0.944. The monoisotopic (exact) mass is 289 g/mol. The number of hydrogen-bond donors (Lipinski definition) is 1. The van der Waals surface area contributed by atoms with Gasteiger partial charge >= 0.3 is 0 Å². The first-order valence-electron chi connectivity index (χ1n) is 8.99. The Labute approximate surface area is 127 Å². The molecular weight excluding hydrogens is 262 g/mol. The van der Waals surface area contributed by atoms with Gasteiger partial charge in [0, 0.05) is 18.5 Å². The van der Waals surface area contributed by atoms with Gasteiger partial charge in [0.2, 0.25) is 5.91 Å². The summed E-state index contributed by atoms with van der Waals surface area (Å²) in [5, 5.41) is 10.8. The number of hydrogen-bond acceptors (Lipinski definition) is 2. The highest BCUT2D eigenvalue weighted by Gasteiger charge is 2.59. The lowest BCUT2D eigenvalue weighted by molar-refractivity contribution is -0.172. The zero-order valence-corrected chi connectivity index (χ0v) is 13.1. The number of aliphatic hydroxyl groups is 1. The highest BCUT2D eigenvalue weighted by molar-refractivity contribution is 5.78. The molecule has 21 heavy (non-hydrogen) atoms. The second-order valence-corrected chi connectivity index (χ2v) is 9.31. The Hall–Kier alpha value is -0.570. The van der Waals surface area contributed by atoms with E-state index in [0.29, 0.717) is 29.8 Å². The Morgan fingerprint density at radius 2 is 1.86 bits per heavy atom. The fourth-order valence-corrected chi connectivity index (χ4v) is 7.16. The van der Waals surface area contributed by atoms with Gasteiger partial charge in [0.05, 0.1) is 5.60 Å². The van der Waals surface area contributed by atoms with Gasteiger partial charge in [-0.1, -0.05) is 0 Å². The van der Waals surface area contributed by atoms with Crippen LogP contribution in [0.3, 0.4) is 0 Å². The van der Waals surface area contributed by atoms with Crippen molar-refractivity contribution in [2.45, 2.75) is 82.4 Å². The Morgan fingerprint density at radius 1 is 1.14 bits per heavy atom. The second-order valence-electron chi connectivity index (χ2n) is 9.31. The molecule has 6 rings (SSSR count). The van der Waals surface area contributed by atoms with Gasteiger partial charge in [0.15, 0.2) is 0 Å². The van der Waals surface area contributed by atoms with Gasteiger partial charge in [-0.05, 0) is 81.5 Å². The first-order valence-corrected chi connectivity index (χ1v) is 8.99. The normalized spacial score (nSPS) is 56.7. The van der Waals surface area contributed by atoms with Crippen LogP contribution in [0.15, 0.2) is 0 Å². The molecule has 4 bridgehead atoms. The predicted octanol–water partition coefficient (Wildman–Crippen LogP) is 2.72. The standard InChI is InChI=1S/C18H27NO2/c1-11-2-14-4-15(14)19(11)16(20)9-17-5-12-3-13(6-17)8-18(21,7-12)10-17/h11-15,21H,2-10H2,1H3/t11-,12?,13?,14-,15+,17?,18?/m1/s1. The number of likely N-dealkylation sites (tertiary alicyclic amines) is 1. The molecule has 0 aromatic heterocycles. The van der Waals surface area contributed by atoms with E-state index in [1.165, 1.54) is 32.1 Å². The summed E-state index contributed by atoms with van der Waals surface area (Å²) >= 11 is 0. The number of fused-ring (bicyclic) bond motifs is 1. The molecule has 5 atom stereocenters. The van der Waals surface area contributed by atoms with Gasteiger partial charge in [-0.25, -0.2) is 0 Å². The van der Waals surface area contributed by atoms with E-state index in [1.54, 1.807) is 0 Å². The van der Waals surface area contributed by atoms with E-state index in [9.17, 15) is 9.90 Å². The van der Waals surface area contributed by atoms with Crippen LogP contribution in [-0.4, -0.2) is 33.6 Å². The SMILES string of the molecule is C[C@@H]1C[C@@H]2C[C@@H]2N1C(=O)CC12CC3CC(CC(O)(C3)C1)C2. The quantitative estimate of drug-likeness (QED) is 0.849. The summed E-state index contributed by atoms with van der Waals surface area (Å²) < 4.78 is 0. The molecule has 3 heteroatoms. The van der Waals surface area contributed by atoms with Crippen LogP contribution in [0.1, 0.15) is 64.7 Å². The molecule has 0 aromatic carbocycles. The Morgan fingerprint density at radius 3 is 2.43 bits per heavy atom.